The van der Waals surface area contributed by atoms with Crippen LogP contribution in [0.3, 0.4) is 0 Å². The summed E-state index contributed by atoms with van der Waals surface area (Å²) in [6.45, 7) is 0. The zero-order valence-corrected chi connectivity index (χ0v) is 8.99. The molecule has 1 amide bonds. The number of nitrogens with zero attached hydrogens (tertiary/aromatic N) is 1. The van der Waals surface area contributed by atoms with E-state index in [0.29, 0.717) is 5.71 Å². The maximum absolute atomic E-state index is 10.8. The van der Waals surface area contributed by atoms with Gasteiger partial charge in [0, 0.05) is 0 Å². The molecule has 80 valence electrons. The van der Waals surface area contributed by atoms with Gasteiger partial charge in [0.2, 0.25) is 0 Å². The number of nitrogens with one attached hydrogen (secondary N) is 1. The van der Waals surface area contributed by atoms with Gasteiger partial charge in [0.15, 0.2) is 0 Å². The van der Waals surface area contributed by atoms with Crippen LogP contribution in [0.2, 0.25) is 0 Å². The molecule has 1 rings (SSSR count). The van der Waals surface area contributed by atoms with Crippen LogP contribution in [0.5, 0.6) is 0 Å². The number of amides is 1. The normalized spacial score (nSPS) is 10.9. The molecule has 15 heavy (non-hydrogen) atoms. The molecule has 0 aliphatic heterocycles. The van der Waals surface area contributed by atoms with E-state index in [9.17, 15) is 4.79 Å². The Morgan fingerprint density at radius 1 is 1.47 bits per heavy atom. The van der Waals surface area contributed by atoms with Crippen molar-refractivity contribution >= 4 is 23.4 Å². The van der Waals surface area contributed by atoms with Crippen molar-refractivity contribution in [1.82, 2.24) is 5.43 Å². The summed E-state index contributed by atoms with van der Waals surface area (Å²) in [5, 5.41) is 3.84. The molecule has 0 heterocycles. The highest BCUT2D eigenvalue weighted by Crippen LogP contribution is 2.02. The van der Waals surface area contributed by atoms with Crippen molar-refractivity contribution in [3.8, 4) is 0 Å². The van der Waals surface area contributed by atoms with Gasteiger partial charge >= 0.3 is 6.09 Å². The van der Waals surface area contributed by atoms with Crippen molar-refractivity contribution in [3.05, 3.63) is 35.9 Å². The van der Waals surface area contributed by atoms with Crippen molar-refractivity contribution in [2.45, 2.75) is 0 Å². The summed E-state index contributed by atoms with van der Waals surface area (Å²) in [6, 6.07) is 9.36. The van der Waals surface area contributed by atoms with Crippen molar-refractivity contribution in [2.75, 3.05) is 13.0 Å². The predicted octanol–water partition coefficient (Wildman–Crippen LogP) is 1.99. The number of carbonyl (C=O) groups is 1. The molecule has 0 atom stereocenters. The maximum Gasteiger partial charge on any atom is 0.427 e. The number of benzene rings is 1. The lowest BCUT2D eigenvalue weighted by molar-refractivity contribution is 0.171. The molecule has 0 unspecified atom stereocenters. The monoisotopic (exact) mass is 226 g/mol. The standard InChI is InChI=1S/C10H11ClN2O2/c1-15-10(14)13-12-9(7-11)8-5-3-2-4-6-8/h2-6H,7H2,1H3,(H,13,14). The summed E-state index contributed by atoms with van der Waals surface area (Å²) in [4.78, 5) is 10.8. The Kier molecular flexibility index (Phi) is 4.63. The number of methoxy groups -OCH3 is 1. The molecule has 0 aromatic heterocycles. The highest BCUT2D eigenvalue weighted by Gasteiger charge is 2.02. The topological polar surface area (TPSA) is 50.7 Å². The second-order valence-electron chi connectivity index (χ2n) is 2.66. The van der Waals surface area contributed by atoms with Gasteiger partial charge < -0.3 is 4.74 Å². The smallest absolute Gasteiger partial charge is 0.427 e. The minimum absolute atomic E-state index is 0.216. The lowest BCUT2D eigenvalue weighted by atomic mass is 10.1. The van der Waals surface area contributed by atoms with Crippen LogP contribution in [-0.2, 0) is 4.74 Å². The Labute approximate surface area is 92.9 Å². The molecule has 4 nitrogen and oxygen atoms in total. The molecule has 1 N–H and O–H groups in total. The Bertz CT molecular complexity index is 352. The van der Waals surface area contributed by atoms with Crippen LogP contribution >= 0.6 is 11.6 Å². The third-order valence-electron chi connectivity index (χ3n) is 1.70. The van der Waals surface area contributed by atoms with Gasteiger partial charge in [-0.1, -0.05) is 30.3 Å². The number of hydrogen-bond donors (Lipinski definition) is 1. The number of hydrazone groups is 1. The molecular formula is C10H11ClN2O2. The molecule has 0 saturated heterocycles. The van der Waals surface area contributed by atoms with Gasteiger partial charge in [0.25, 0.3) is 0 Å². The van der Waals surface area contributed by atoms with Crippen LogP contribution in [0.4, 0.5) is 4.79 Å². The van der Waals surface area contributed by atoms with E-state index in [1.807, 2.05) is 30.3 Å². The van der Waals surface area contributed by atoms with Crippen molar-refractivity contribution in [1.29, 1.82) is 0 Å². The van der Waals surface area contributed by atoms with E-state index in [1.54, 1.807) is 0 Å². The molecular weight excluding hydrogens is 216 g/mol. The summed E-state index contributed by atoms with van der Waals surface area (Å²) in [5.74, 6) is 0.216. The number of hydrogen-bond acceptors (Lipinski definition) is 3. The van der Waals surface area contributed by atoms with E-state index >= 15 is 0 Å². The van der Waals surface area contributed by atoms with Crippen LogP contribution in [0, 0.1) is 0 Å². The molecule has 0 fully saturated rings. The second kappa shape index (κ2) is 6.03. The first-order valence-corrected chi connectivity index (χ1v) is 4.83. The average Bonchev–Trinajstić information content (AvgIpc) is 2.31. The lowest BCUT2D eigenvalue weighted by Crippen LogP contribution is -2.20. The van der Waals surface area contributed by atoms with Crippen LogP contribution in [0.25, 0.3) is 0 Å². The van der Waals surface area contributed by atoms with E-state index in [1.165, 1.54) is 7.11 Å². The lowest BCUT2D eigenvalue weighted by Gasteiger charge is -2.02. The maximum atomic E-state index is 10.8. The van der Waals surface area contributed by atoms with Gasteiger partial charge in [0.05, 0.1) is 18.7 Å². The predicted molar refractivity (Wildman–Crippen MR) is 59.2 cm³/mol. The van der Waals surface area contributed by atoms with Crippen LogP contribution in [0.15, 0.2) is 35.4 Å². The van der Waals surface area contributed by atoms with E-state index in [-0.39, 0.29) is 5.88 Å². The largest absolute Gasteiger partial charge is 0.452 e. The van der Waals surface area contributed by atoms with Crippen LogP contribution in [0.1, 0.15) is 5.56 Å². The molecule has 0 aliphatic carbocycles. The summed E-state index contributed by atoms with van der Waals surface area (Å²) in [6.07, 6.45) is -0.617. The van der Waals surface area contributed by atoms with Crippen molar-refractivity contribution in [2.24, 2.45) is 5.10 Å². The minimum Gasteiger partial charge on any atom is -0.452 e. The number of rotatable bonds is 3. The molecule has 0 saturated carbocycles. The first-order chi connectivity index (χ1) is 7.27. The van der Waals surface area contributed by atoms with Crippen LogP contribution in [-0.4, -0.2) is 24.8 Å². The third-order valence-corrected chi connectivity index (χ3v) is 1.95. The quantitative estimate of drug-likeness (QED) is 0.487. The fourth-order valence-corrected chi connectivity index (χ4v) is 1.17. The summed E-state index contributed by atoms with van der Waals surface area (Å²) in [7, 11) is 1.27. The number of halogens is 1. The number of carbonyl (C=O) groups excluding carboxylic acids is 1. The van der Waals surface area contributed by atoms with E-state index in [2.05, 4.69) is 15.3 Å². The zero-order valence-electron chi connectivity index (χ0n) is 8.24. The van der Waals surface area contributed by atoms with Crippen LogP contribution < -0.4 is 5.43 Å². The Balaban J connectivity index is 2.76. The zero-order chi connectivity index (χ0) is 11.1. The fourth-order valence-electron chi connectivity index (χ4n) is 0.961. The average molecular weight is 227 g/mol. The van der Waals surface area contributed by atoms with Gasteiger partial charge in [-0.05, 0) is 5.56 Å². The second-order valence-corrected chi connectivity index (χ2v) is 2.93. The number of ether oxygens (including phenoxy) is 1. The molecule has 0 bridgehead atoms. The van der Waals surface area contributed by atoms with E-state index in [4.69, 9.17) is 11.6 Å². The summed E-state index contributed by atoms with van der Waals surface area (Å²) in [5.41, 5.74) is 3.67. The fraction of sp³-hybridized carbons (Fsp3) is 0.200. The highest BCUT2D eigenvalue weighted by molar-refractivity contribution is 6.31. The molecule has 1 aromatic rings. The first-order valence-electron chi connectivity index (χ1n) is 4.30. The Hall–Kier alpha value is -1.55. The van der Waals surface area contributed by atoms with Gasteiger partial charge in [-0.3, -0.25) is 0 Å². The molecule has 0 spiro atoms. The summed E-state index contributed by atoms with van der Waals surface area (Å²) < 4.78 is 4.38. The van der Waals surface area contributed by atoms with E-state index in [0.717, 1.165) is 5.56 Å². The third kappa shape index (κ3) is 3.59. The van der Waals surface area contributed by atoms with Crippen molar-refractivity contribution < 1.29 is 9.53 Å². The minimum atomic E-state index is -0.617. The SMILES string of the molecule is COC(=O)NN=C(CCl)c1ccccc1. The first kappa shape index (κ1) is 11.5. The van der Waals surface area contributed by atoms with Gasteiger partial charge in [-0.2, -0.15) is 5.10 Å². The number of alkyl halides is 1. The molecule has 5 heteroatoms. The van der Waals surface area contributed by atoms with E-state index < -0.39 is 6.09 Å². The van der Waals surface area contributed by atoms with Gasteiger partial charge in [-0.25, -0.2) is 10.2 Å². The molecule has 1 aromatic carbocycles. The molecule has 0 aliphatic rings. The Morgan fingerprint density at radius 3 is 2.67 bits per heavy atom. The summed E-state index contributed by atoms with van der Waals surface area (Å²) >= 11 is 5.71. The molecule has 0 radical (unpaired) electrons. The van der Waals surface area contributed by atoms with Gasteiger partial charge in [0.1, 0.15) is 0 Å². The van der Waals surface area contributed by atoms with Crippen molar-refractivity contribution in [3.63, 3.8) is 0 Å². The Morgan fingerprint density at radius 2 is 2.13 bits per heavy atom. The van der Waals surface area contributed by atoms with Gasteiger partial charge in [-0.15, -0.1) is 11.6 Å². The highest BCUT2D eigenvalue weighted by atomic mass is 35.5.